The summed E-state index contributed by atoms with van der Waals surface area (Å²) < 4.78 is 5.49. The normalized spacial score (nSPS) is 32.2. The first-order valence-corrected chi connectivity index (χ1v) is 8.03. The Kier molecular flexibility index (Phi) is 3.27. The molecule has 0 aromatic carbocycles. The van der Waals surface area contributed by atoms with E-state index in [1.54, 1.807) is 0 Å². The molecule has 5 heteroatoms. The minimum Gasteiger partial charge on any atom is -0.396 e. The van der Waals surface area contributed by atoms with Crippen molar-refractivity contribution in [3.63, 3.8) is 0 Å². The zero-order chi connectivity index (χ0) is 13.5. The van der Waals surface area contributed by atoms with E-state index in [-0.39, 0.29) is 18.4 Å². The van der Waals surface area contributed by atoms with Crippen LogP contribution in [-0.2, 0) is 0 Å². The molecule has 110 valence electrons. The van der Waals surface area contributed by atoms with Gasteiger partial charge in [0.2, 0.25) is 5.89 Å². The van der Waals surface area contributed by atoms with Gasteiger partial charge in [0.1, 0.15) is 0 Å². The first kappa shape index (κ1) is 12.8. The summed E-state index contributed by atoms with van der Waals surface area (Å²) in [5.74, 6) is 2.65. The van der Waals surface area contributed by atoms with Gasteiger partial charge in [0.25, 0.3) is 0 Å². The van der Waals surface area contributed by atoms with Gasteiger partial charge in [0.15, 0.2) is 5.82 Å². The van der Waals surface area contributed by atoms with Gasteiger partial charge in [-0.15, -0.1) is 0 Å². The minimum absolute atomic E-state index is 0.217. The van der Waals surface area contributed by atoms with Gasteiger partial charge in [0, 0.05) is 37.6 Å². The molecule has 1 aliphatic heterocycles. The maximum Gasteiger partial charge on any atom is 0.231 e. The fourth-order valence-corrected chi connectivity index (χ4v) is 3.84. The van der Waals surface area contributed by atoms with Crippen molar-refractivity contribution in [1.82, 2.24) is 15.0 Å². The van der Waals surface area contributed by atoms with Crippen molar-refractivity contribution in [2.75, 3.05) is 19.7 Å². The first-order chi connectivity index (χ1) is 9.85. The molecule has 20 heavy (non-hydrogen) atoms. The Bertz CT molecular complexity index is 465. The van der Waals surface area contributed by atoms with Crippen LogP contribution in [0.3, 0.4) is 0 Å². The maximum atomic E-state index is 9.67. The van der Waals surface area contributed by atoms with E-state index >= 15 is 0 Å². The van der Waals surface area contributed by atoms with Crippen LogP contribution in [0.25, 0.3) is 0 Å². The van der Waals surface area contributed by atoms with E-state index in [1.165, 1.54) is 38.5 Å². The molecule has 1 aromatic rings. The number of nitrogens with zero attached hydrogens (tertiary/aromatic N) is 3. The molecule has 2 saturated carbocycles. The van der Waals surface area contributed by atoms with Gasteiger partial charge in [-0.2, -0.15) is 4.98 Å². The highest BCUT2D eigenvalue weighted by molar-refractivity contribution is 5.08. The highest BCUT2D eigenvalue weighted by Gasteiger charge is 2.41. The Morgan fingerprint density at radius 1 is 1.15 bits per heavy atom. The van der Waals surface area contributed by atoms with Crippen molar-refractivity contribution in [3.05, 3.63) is 11.7 Å². The first-order valence-electron chi connectivity index (χ1n) is 8.03. The van der Waals surface area contributed by atoms with Crippen LogP contribution < -0.4 is 0 Å². The lowest BCUT2D eigenvalue weighted by Gasteiger charge is -2.23. The Morgan fingerprint density at radius 2 is 1.95 bits per heavy atom. The largest absolute Gasteiger partial charge is 0.396 e. The van der Waals surface area contributed by atoms with Crippen LogP contribution in [0.2, 0.25) is 0 Å². The van der Waals surface area contributed by atoms with Gasteiger partial charge in [-0.3, -0.25) is 4.90 Å². The molecule has 0 unspecified atom stereocenters. The van der Waals surface area contributed by atoms with Gasteiger partial charge >= 0.3 is 0 Å². The monoisotopic (exact) mass is 277 g/mol. The Hall–Kier alpha value is -0.940. The maximum absolute atomic E-state index is 9.67. The highest BCUT2D eigenvalue weighted by Crippen LogP contribution is 2.40. The molecule has 3 fully saturated rings. The molecule has 3 aliphatic rings. The topological polar surface area (TPSA) is 62.4 Å². The van der Waals surface area contributed by atoms with E-state index in [1.807, 2.05) is 0 Å². The lowest BCUT2D eigenvalue weighted by molar-refractivity contribution is 0.194. The summed E-state index contributed by atoms with van der Waals surface area (Å²) in [5, 5.41) is 13.8. The summed E-state index contributed by atoms with van der Waals surface area (Å²) >= 11 is 0. The predicted octanol–water partition coefficient (Wildman–Crippen LogP) is 1.90. The zero-order valence-electron chi connectivity index (χ0n) is 11.9. The van der Waals surface area contributed by atoms with Gasteiger partial charge in [-0.25, -0.2) is 0 Å². The molecule has 0 amide bonds. The van der Waals surface area contributed by atoms with Gasteiger partial charge in [0.05, 0.1) is 5.92 Å². The van der Waals surface area contributed by atoms with Crippen LogP contribution in [0.15, 0.2) is 4.52 Å². The second-order valence-electron chi connectivity index (χ2n) is 6.71. The molecule has 2 atom stereocenters. The molecule has 1 aromatic heterocycles. The molecule has 0 bridgehead atoms. The number of hydrogen-bond acceptors (Lipinski definition) is 5. The predicted molar refractivity (Wildman–Crippen MR) is 73.4 cm³/mol. The lowest BCUT2D eigenvalue weighted by Crippen LogP contribution is -2.31. The second-order valence-corrected chi connectivity index (χ2v) is 6.71. The van der Waals surface area contributed by atoms with Gasteiger partial charge < -0.3 is 9.63 Å². The Morgan fingerprint density at radius 3 is 2.65 bits per heavy atom. The molecule has 2 heterocycles. The number of aliphatic hydroxyl groups is 1. The zero-order valence-corrected chi connectivity index (χ0v) is 11.9. The lowest BCUT2D eigenvalue weighted by atomic mass is 9.97. The summed E-state index contributed by atoms with van der Waals surface area (Å²) in [4.78, 5) is 7.14. The second kappa shape index (κ2) is 5.11. The molecule has 1 saturated heterocycles. The highest BCUT2D eigenvalue weighted by atomic mass is 16.5. The van der Waals surface area contributed by atoms with Crippen LogP contribution in [0.5, 0.6) is 0 Å². The summed E-state index contributed by atoms with van der Waals surface area (Å²) in [6, 6.07) is 0.708. The average molecular weight is 277 g/mol. The van der Waals surface area contributed by atoms with Crippen molar-refractivity contribution in [2.45, 2.75) is 56.4 Å². The molecule has 2 aliphatic carbocycles. The molecule has 1 N–H and O–H groups in total. The molecule has 5 nitrogen and oxygen atoms in total. The van der Waals surface area contributed by atoms with Crippen LogP contribution in [0, 0.1) is 5.92 Å². The number of likely N-dealkylation sites (tertiary alicyclic amines) is 1. The summed E-state index contributed by atoms with van der Waals surface area (Å²) in [5.41, 5.74) is 0. The summed E-state index contributed by atoms with van der Waals surface area (Å²) in [6.45, 7) is 2.17. The fraction of sp³-hybridized carbons (Fsp3) is 0.867. The number of rotatable bonds is 4. The number of aliphatic hydroxyl groups excluding tert-OH is 1. The molecule has 0 radical (unpaired) electrons. The van der Waals surface area contributed by atoms with E-state index in [2.05, 4.69) is 15.0 Å². The van der Waals surface area contributed by atoms with Crippen molar-refractivity contribution < 1.29 is 9.63 Å². The quantitative estimate of drug-likeness (QED) is 0.910. The Labute approximate surface area is 119 Å². The fourth-order valence-electron chi connectivity index (χ4n) is 3.84. The summed E-state index contributed by atoms with van der Waals surface area (Å²) in [7, 11) is 0. The Balaban J connectivity index is 1.49. The number of aromatic nitrogens is 2. The SMILES string of the molecule is OC[C@@H]1CN(C2CCCC2)C[C@H]1c1nc(C2CC2)no1. The van der Waals surface area contributed by atoms with E-state index in [0.717, 1.165) is 24.8 Å². The van der Waals surface area contributed by atoms with Crippen molar-refractivity contribution in [2.24, 2.45) is 5.92 Å². The van der Waals surface area contributed by atoms with E-state index in [0.29, 0.717) is 12.0 Å². The minimum atomic E-state index is 0.217. The third-order valence-electron chi connectivity index (χ3n) is 5.26. The van der Waals surface area contributed by atoms with Crippen molar-refractivity contribution >= 4 is 0 Å². The van der Waals surface area contributed by atoms with Gasteiger partial charge in [-0.1, -0.05) is 18.0 Å². The number of hydrogen-bond donors (Lipinski definition) is 1. The van der Waals surface area contributed by atoms with E-state index in [4.69, 9.17) is 4.52 Å². The molecule has 4 rings (SSSR count). The van der Waals surface area contributed by atoms with Crippen molar-refractivity contribution in [3.8, 4) is 0 Å². The molecule has 0 spiro atoms. The average Bonchev–Trinajstić information content (AvgIpc) is 2.93. The molecular formula is C15H23N3O2. The van der Waals surface area contributed by atoms with E-state index < -0.39 is 0 Å². The smallest absolute Gasteiger partial charge is 0.231 e. The third kappa shape index (κ3) is 2.27. The van der Waals surface area contributed by atoms with Crippen molar-refractivity contribution in [1.29, 1.82) is 0 Å². The third-order valence-corrected chi connectivity index (χ3v) is 5.26. The van der Waals surface area contributed by atoms with Crippen LogP contribution in [0.4, 0.5) is 0 Å². The van der Waals surface area contributed by atoms with Crippen LogP contribution in [0.1, 0.15) is 62.1 Å². The summed E-state index contributed by atoms with van der Waals surface area (Å²) in [6.07, 6.45) is 7.70. The van der Waals surface area contributed by atoms with Crippen LogP contribution in [-0.4, -0.2) is 45.9 Å². The standard InChI is InChI=1S/C15H23N3O2/c19-9-11-7-18(12-3-1-2-4-12)8-13(11)15-16-14(17-20-15)10-5-6-10/h10-13,19H,1-9H2/t11-,13+/m0/s1. The van der Waals surface area contributed by atoms with Gasteiger partial charge in [-0.05, 0) is 25.7 Å². The molecular weight excluding hydrogens is 254 g/mol. The van der Waals surface area contributed by atoms with Crippen LogP contribution >= 0.6 is 0 Å². The van der Waals surface area contributed by atoms with E-state index in [9.17, 15) is 5.11 Å².